The summed E-state index contributed by atoms with van der Waals surface area (Å²) in [7, 11) is 1.46. The quantitative estimate of drug-likeness (QED) is 0.797. The van der Waals surface area contributed by atoms with E-state index in [9.17, 15) is 4.79 Å². The van der Waals surface area contributed by atoms with Crippen molar-refractivity contribution in [1.29, 1.82) is 0 Å². The lowest BCUT2D eigenvalue weighted by Crippen LogP contribution is -2.37. The van der Waals surface area contributed by atoms with Gasteiger partial charge in [0.2, 0.25) is 0 Å². The summed E-state index contributed by atoms with van der Waals surface area (Å²) in [6, 6.07) is 17.2. The largest absolute Gasteiger partial charge is 0.469 e. The summed E-state index contributed by atoms with van der Waals surface area (Å²) >= 11 is 0. The Kier molecular flexibility index (Phi) is 3.78. The number of rotatable bonds is 3. The van der Waals surface area contributed by atoms with E-state index in [1.165, 1.54) is 29.4 Å². The highest BCUT2D eigenvalue weighted by Gasteiger charge is 2.41. The Balaban J connectivity index is 2.14. The van der Waals surface area contributed by atoms with Gasteiger partial charge in [-0.1, -0.05) is 62.4 Å². The minimum absolute atomic E-state index is 0.144. The molecule has 2 heteroatoms. The second kappa shape index (κ2) is 5.60. The number of fused-ring (bicyclic) bond motifs is 2. The van der Waals surface area contributed by atoms with Crippen molar-refractivity contribution >= 4 is 5.97 Å². The van der Waals surface area contributed by atoms with Crippen LogP contribution in [0.4, 0.5) is 0 Å². The maximum absolute atomic E-state index is 11.8. The van der Waals surface area contributed by atoms with Crippen LogP contribution in [-0.2, 0) is 21.4 Å². The molecular weight excluding hydrogens is 272 g/mol. The molecule has 1 aliphatic carbocycles. The average Bonchev–Trinajstić information content (AvgIpc) is 2.55. The number of hydrogen-bond donors (Lipinski definition) is 0. The van der Waals surface area contributed by atoms with Crippen molar-refractivity contribution in [2.45, 2.75) is 32.1 Å². The van der Waals surface area contributed by atoms with Crippen molar-refractivity contribution in [1.82, 2.24) is 0 Å². The molecule has 3 rings (SSSR count). The zero-order chi connectivity index (χ0) is 15.7. The first-order chi connectivity index (χ1) is 10.6. The van der Waals surface area contributed by atoms with Crippen molar-refractivity contribution < 1.29 is 9.53 Å². The highest BCUT2D eigenvalue weighted by atomic mass is 16.5. The molecule has 0 spiro atoms. The van der Waals surface area contributed by atoms with Crippen LogP contribution in [0.2, 0.25) is 0 Å². The predicted molar refractivity (Wildman–Crippen MR) is 87.9 cm³/mol. The van der Waals surface area contributed by atoms with E-state index in [1.807, 2.05) is 0 Å². The van der Waals surface area contributed by atoms with Crippen LogP contribution in [0, 0.1) is 5.92 Å². The van der Waals surface area contributed by atoms with Crippen LogP contribution in [0.25, 0.3) is 0 Å². The Morgan fingerprint density at radius 1 is 1.09 bits per heavy atom. The number of hydrogen-bond acceptors (Lipinski definition) is 2. The molecule has 2 nitrogen and oxygen atoms in total. The minimum Gasteiger partial charge on any atom is -0.469 e. The third kappa shape index (κ3) is 2.23. The van der Waals surface area contributed by atoms with E-state index in [-0.39, 0.29) is 17.3 Å². The molecule has 0 fully saturated rings. The molecule has 0 amide bonds. The second-order valence-corrected chi connectivity index (χ2v) is 6.37. The molecule has 0 saturated carbocycles. The van der Waals surface area contributed by atoms with Crippen LogP contribution in [0.5, 0.6) is 0 Å². The van der Waals surface area contributed by atoms with E-state index in [4.69, 9.17) is 4.74 Å². The maximum atomic E-state index is 11.8. The summed E-state index contributed by atoms with van der Waals surface area (Å²) in [4.78, 5) is 11.8. The highest BCUT2D eigenvalue weighted by molar-refractivity contribution is 5.70. The number of methoxy groups -OCH3 is 1. The monoisotopic (exact) mass is 294 g/mol. The van der Waals surface area contributed by atoms with E-state index >= 15 is 0 Å². The van der Waals surface area contributed by atoms with Crippen LogP contribution >= 0.6 is 0 Å². The topological polar surface area (TPSA) is 26.3 Å². The Hall–Kier alpha value is -2.09. The van der Waals surface area contributed by atoms with Gasteiger partial charge in [0, 0.05) is 11.8 Å². The molecule has 0 aromatic heterocycles. The smallest absolute Gasteiger partial charge is 0.305 e. The lowest BCUT2D eigenvalue weighted by atomic mass is 9.61. The van der Waals surface area contributed by atoms with Crippen molar-refractivity contribution in [2.24, 2.45) is 5.92 Å². The molecule has 1 aliphatic rings. The summed E-state index contributed by atoms with van der Waals surface area (Å²) in [6.45, 7) is 4.41. The van der Waals surface area contributed by atoms with E-state index in [0.717, 1.165) is 6.42 Å². The van der Waals surface area contributed by atoms with Gasteiger partial charge in [-0.2, -0.15) is 0 Å². The SMILES string of the molecule is COC(=O)CC(C)C1(C)c2ccccc2Cc2ccccc21. The fourth-order valence-corrected chi connectivity index (χ4v) is 3.78. The van der Waals surface area contributed by atoms with Crippen LogP contribution in [0.3, 0.4) is 0 Å². The summed E-state index contributed by atoms with van der Waals surface area (Å²) in [5.41, 5.74) is 5.23. The molecule has 1 atom stereocenters. The van der Waals surface area contributed by atoms with Gasteiger partial charge in [0.05, 0.1) is 7.11 Å². The molecule has 22 heavy (non-hydrogen) atoms. The third-order valence-electron chi connectivity index (χ3n) is 5.22. The van der Waals surface area contributed by atoms with Gasteiger partial charge in [-0.05, 0) is 34.6 Å². The number of benzene rings is 2. The van der Waals surface area contributed by atoms with Crippen molar-refractivity contribution in [3.63, 3.8) is 0 Å². The van der Waals surface area contributed by atoms with Crippen molar-refractivity contribution in [3.8, 4) is 0 Å². The normalized spacial score (nSPS) is 16.3. The molecule has 0 heterocycles. The first-order valence-corrected chi connectivity index (χ1v) is 7.81. The Morgan fingerprint density at radius 2 is 1.59 bits per heavy atom. The zero-order valence-electron chi connectivity index (χ0n) is 13.4. The first kappa shape index (κ1) is 14.8. The molecule has 1 unspecified atom stereocenters. The molecule has 0 radical (unpaired) electrons. The number of carbonyl (C=O) groups is 1. The van der Waals surface area contributed by atoms with Crippen LogP contribution in [0.1, 0.15) is 42.5 Å². The summed E-state index contributed by atoms with van der Waals surface area (Å²) in [5.74, 6) is 0.0248. The second-order valence-electron chi connectivity index (χ2n) is 6.37. The molecule has 0 aliphatic heterocycles. The Bertz CT molecular complexity index is 657. The number of carbonyl (C=O) groups excluding carboxylic acids is 1. The van der Waals surface area contributed by atoms with Crippen molar-refractivity contribution in [2.75, 3.05) is 7.11 Å². The standard InChI is InChI=1S/C20H22O2/c1-14(12-19(21)22-3)20(2)17-10-6-4-8-15(17)13-16-9-5-7-11-18(16)20/h4-11,14H,12-13H2,1-3H3. The lowest BCUT2D eigenvalue weighted by molar-refractivity contribution is -0.142. The Morgan fingerprint density at radius 3 is 2.09 bits per heavy atom. The predicted octanol–water partition coefficient (Wildman–Crippen LogP) is 4.10. The van der Waals surface area contributed by atoms with E-state index in [0.29, 0.717) is 6.42 Å². The van der Waals surface area contributed by atoms with Crippen LogP contribution < -0.4 is 0 Å². The van der Waals surface area contributed by atoms with E-state index in [1.54, 1.807) is 0 Å². The van der Waals surface area contributed by atoms with Gasteiger partial charge in [-0.3, -0.25) is 4.79 Å². The molecule has 2 aromatic carbocycles. The van der Waals surface area contributed by atoms with Gasteiger partial charge in [0.1, 0.15) is 0 Å². The maximum Gasteiger partial charge on any atom is 0.305 e. The number of ether oxygens (including phenoxy) is 1. The summed E-state index contributed by atoms with van der Waals surface area (Å²) < 4.78 is 4.89. The summed E-state index contributed by atoms with van der Waals surface area (Å²) in [6.07, 6.45) is 1.39. The van der Waals surface area contributed by atoms with Crippen LogP contribution in [0.15, 0.2) is 48.5 Å². The zero-order valence-corrected chi connectivity index (χ0v) is 13.4. The van der Waals surface area contributed by atoms with Gasteiger partial charge < -0.3 is 4.74 Å². The van der Waals surface area contributed by atoms with Gasteiger partial charge >= 0.3 is 5.97 Å². The summed E-state index contributed by atoms with van der Waals surface area (Å²) in [5, 5.41) is 0. The van der Waals surface area contributed by atoms with Crippen LogP contribution in [-0.4, -0.2) is 13.1 Å². The molecule has 114 valence electrons. The first-order valence-electron chi connectivity index (χ1n) is 7.81. The lowest BCUT2D eigenvalue weighted by Gasteiger charge is -2.42. The van der Waals surface area contributed by atoms with Gasteiger partial charge in [0.15, 0.2) is 0 Å². The van der Waals surface area contributed by atoms with Crippen molar-refractivity contribution in [3.05, 3.63) is 70.8 Å². The Labute approximate surface area is 132 Å². The fourth-order valence-electron chi connectivity index (χ4n) is 3.78. The van der Waals surface area contributed by atoms with Gasteiger partial charge in [-0.25, -0.2) is 0 Å². The molecule has 0 saturated heterocycles. The van der Waals surface area contributed by atoms with Gasteiger partial charge in [0.25, 0.3) is 0 Å². The minimum atomic E-state index is -0.167. The van der Waals surface area contributed by atoms with E-state index in [2.05, 4.69) is 62.4 Å². The third-order valence-corrected chi connectivity index (χ3v) is 5.22. The van der Waals surface area contributed by atoms with E-state index < -0.39 is 0 Å². The molecular formula is C20H22O2. The highest BCUT2D eigenvalue weighted by Crippen LogP contribution is 2.47. The average molecular weight is 294 g/mol. The molecule has 2 aromatic rings. The fraction of sp³-hybridized carbons (Fsp3) is 0.350. The van der Waals surface area contributed by atoms with Gasteiger partial charge in [-0.15, -0.1) is 0 Å². The molecule has 0 N–H and O–H groups in total. The number of esters is 1. The molecule has 0 bridgehead atoms.